The van der Waals surface area contributed by atoms with Crippen LogP contribution in [-0.4, -0.2) is 15.0 Å². The summed E-state index contributed by atoms with van der Waals surface area (Å²) >= 11 is 0. The molecule has 0 unspecified atom stereocenters. The lowest BCUT2D eigenvalue weighted by Crippen LogP contribution is -1.92. The first-order valence-electron chi connectivity index (χ1n) is 21.1. The molecule has 0 aliphatic heterocycles. The molecule has 11 rings (SSSR count). The van der Waals surface area contributed by atoms with E-state index in [1.807, 2.05) is 62.9 Å². The van der Waals surface area contributed by atoms with Crippen LogP contribution in [0, 0.1) is 0 Å². The van der Waals surface area contributed by atoms with E-state index in [4.69, 9.17) is 9.97 Å². The minimum absolute atomic E-state index is 0.997. The Hall–Kier alpha value is -7.49. The number of rotatable bonds is 4. The summed E-state index contributed by atoms with van der Waals surface area (Å²) in [6.45, 7) is 14.2. The molecule has 0 amide bonds. The van der Waals surface area contributed by atoms with Crippen LogP contribution in [0.25, 0.3) is 109 Å². The number of aromatic nitrogens is 3. The van der Waals surface area contributed by atoms with E-state index in [2.05, 4.69) is 172 Å². The monoisotopic (exact) mass is 787 g/mol. The molecule has 0 saturated heterocycles. The fourth-order valence-corrected chi connectivity index (χ4v) is 8.41. The van der Waals surface area contributed by atoms with Crippen molar-refractivity contribution in [1.82, 2.24) is 15.0 Å². The fraction of sp³-hybridized carbons (Fsp3) is 0.0862. The summed E-state index contributed by atoms with van der Waals surface area (Å²) in [6.07, 6.45) is 12.9. The van der Waals surface area contributed by atoms with Gasteiger partial charge in [-0.2, -0.15) is 0 Å². The third-order valence-electron chi connectivity index (χ3n) is 11.1. The van der Waals surface area contributed by atoms with Gasteiger partial charge < -0.3 is 0 Å². The molecule has 0 bridgehead atoms. The normalized spacial score (nSPS) is 11.1. The van der Waals surface area contributed by atoms with Crippen molar-refractivity contribution < 1.29 is 0 Å². The van der Waals surface area contributed by atoms with Crippen LogP contribution in [-0.2, 0) is 0 Å². The van der Waals surface area contributed by atoms with Gasteiger partial charge in [-0.25, -0.2) is 0 Å². The van der Waals surface area contributed by atoms with Gasteiger partial charge in [0.15, 0.2) is 0 Å². The van der Waals surface area contributed by atoms with Gasteiger partial charge in [0.25, 0.3) is 0 Å². The second-order valence-corrected chi connectivity index (χ2v) is 15.0. The molecule has 0 fully saturated rings. The zero-order valence-electron chi connectivity index (χ0n) is 35.4. The van der Waals surface area contributed by atoms with Crippen molar-refractivity contribution in [2.75, 3.05) is 0 Å². The number of benzene rings is 8. The smallest absolute Gasteiger partial charge is 0.0780 e. The molecule has 0 aliphatic carbocycles. The zero-order chi connectivity index (χ0) is 42.3. The predicted molar refractivity (Wildman–Crippen MR) is 265 cm³/mol. The Morgan fingerprint density at radius 1 is 0.410 bits per heavy atom. The molecular weight excluding hydrogens is 739 g/mol. The molecule has 3 heterocycles. The number of fused-ring (bicyclic) bond motifs is 3. The molecule has 0 aliphatic rings. The molecule has 8 aromatic carbocycles. The average Bonchev–Trinajstić information content (AvgIpc) is 3.33. The SMILES string of the molecule is C/C=C\C.C=C.CCC.c1cc(-c2ccc3ccc4c(-c5cc(-c6cccc7cccnc67)cc(-c6cccc7cccnc67)c5)ccc5ccc2c3c54)c2ccncc2c1. The molecule has 3 nitrogen and oxygen atoms in total. The van der Waals surface area contributed by atoms with Crippen molar-refractivity contribution in [3.63, 3.8) is 0 Å². The molecule has 3 heteroatoms. The molecule has 0 atom stereocenters. The van der Waals surface area contributed by atoms with Crippen LogP contribution < -0.4 is 0 Å². The summed E-state index contributed by atoms with van der Waals surface area (Å²) < 4.78 is 0. The number of nitrogens with zero attached hydrogens (tertiary/aromatic N) is 3. The third-order valence-corrected chi connectivity index (χ3v) is 11.1. The van der Waals surface area contributed by atoms with Crippen molar-refractivity contribution in [1.29, 1.82) is 0 Å². The lowest BCUT2D eigenvalue weighted by Gasteiger charge is -2.18. The van der Waals surface area contributed by atoms with Crippen LogP contribution >= 0.6 is 0 Å². The second-order valence-electron chi connectivity index (χ2n) is 15.0. The maximum absolute atomic E-state index is 4.85. The lowest BCUT2D eigenvalue weighted by atomic mass is 9.85. The van der Waals surface area contributed by atoms with E-state index in [1.165, 1.54) is 60.8 Å². The van der Waals surface area contributed by atoms with Crippen LogP contribution in [0.3, 0.4) is 0 Å². The van der Waals surface area contributed by atoms with Crippen molar-refractivity contribution in [2.45, 2.75) is 34.1 Å². The van der Waals surface area contributed by atoms with Crippen LogP contribution in [0.1, 0.15) is 34.1 Å². The van der Waals surface area contributed by atoms with Crippen molar-refractivity contribution in [3.8, 4) is 44.5 Å². The molecule has 0 radical (unpaired) electrons. The van der Waals surface area contributed by atoms with Gasteiger partial charge in [-0.1, -0.05) is 148 Å². The van der Waals surface area contributed by atoms with E-state index < -0.39 is 0 Å². The summed E-state index contributed by atoms with van der Waals surface area (Å²) in [4.78, 5) is 14.1. The van der Waals surface area contributed by atoms with Crippen LogP contribution in [0.5, 0.6) is 0 Å². The number of hydrogen-bond donors (Lipinski definition) is 0. The van der Waals surface area contributed by atoms with Gasteiger partial charge in [0.2, 0.25) is 0 Å². The molecule has 296 valence electrons. The maximum atomic E-state index is 4.85. The highest BCUT2D eigenvalue weighted by Gasteiger charge is 2.18. The quantitative estimate of drug-likeness (QED) is 0.132. The average molecular weight is 788 g/mol. The predicted octanol–water partition coefficient (Wildman–Crippen LogP) is 16.7. The molecule has 11 aromatic rings. The zero-order valence-corrected chi connectivity index (χ0v) is 35.4. The lowest BCUT2D eigenvalue weighted by molar-refractivity contribution is 1.09. The third kappa shape index (κ3) is 7.63. The number of pyridine rings is 3. The fourth-order valence-electron chi connectivity index (χ4n) is 8.41. The van der Waals surface area contributed by atoms with Crippen molar-refractivity contribution >= 4 is 64.9 Å². The first kappa shape index (κ1) is 40.3. The van der Waals surface area contributed by atoms with E-state index >= 15 is 0 Å². The van der Waals surface area contributed by atoms with E-state index in [-0.39, 0.29) is 0 Å². The molecule has 0 spiro atoms. The topological polar surface area (TPSA) is 38.7 Å². The van der Waals surface area contributed by atoms with Crippen LogP contribution in [0.4, 0.5) is 0 Å². The molecule has 61 heavy (non-hydrogen) atoms. The van der Waals surface area contributed by atoms with Crippen molar-refractivity contribution in [3.05, 3.63) is 202 Å². The Morgan fingerprint density at radius 2 is 0.836 bits per heavy atom. The van der Waals surface area contributed by atoms with Gasteiger partial charge in [0.1, 0.15) is 0 Å². The molecule has 0 saturated carbocycles. The molecule has 0 N–H and O–H groups in total. The maximum Gasteiger partial charge on any atom is 0.0780 e. The van der Waals surface area contributed by atoms with E-state index in [0.29, 0.717) is 0 Å². The number of para-hydroxylation sites is 2. The Morgan fingerprint density at radius 3 is 1.38 bits per heavy atom. The van der Waals surface area contributed by atoms with Gasteiger partial charge in [0, 0.05) is 52.1 Å². The Bertz CT molecular complexity index is 3210. The molecular formula is C58H49N3. The van der Waals surface area contributed by atoms with Gasteiger partial charge in [0.05, 0.1) is 11.0 Å². The highest BCUT2D eigenvalue weighted by atomic mass is 14.7. The standard InChI is InChI=1S/C49H29N3.C4H8.C3H8.C2H4/c1-6-32-9-4-23-51-48(32)40(11-1)36-26-35(27-37(28-36)41-12-2-7-33-10-5-24-52-49(33)41)38-18-14-30-17-21-45-43(19-15-31-16-20-44(38)46(30)47(31)45)42-13-3-8-34-29-50-25-22-39(34)42;1-3-4-2;1-3-2;1-2/h1-29H;3-4H,1-2H3;3H2,1-2H3;1-2H2/b;4-3-;;. The largest absolute Gasteiger partial charge is 0.264 e. The summed E-state index contributed by atoms with van der Waals surface area (Å²) in [5.41, 5.74) is 11.3. The number of hydrogen-bond acceptors (Lipinski definition) is 3. The van der Waals surface area contributed by atoms with Gasteiger partial charge in [-0.15, -0.1) is 13.2 Å². The van der Waals surface area contributed by atoms with Gasteiger partial charge in [-0.05, 0) is 121 Å². The Labute approximate surface area is 358 Å². The van der Waals surface area contributed by atoms with Gasteiger partial charge in [-0.3, -0.25) is 15.0 Å². The second kappa shape index (κ2) is 18.2. The van der Waals surface area contributed by atoms with E-state index in [0.717, 1.165) is 55.0 Å². The first-order chi connectivity index (χ1) is 30.1. The van der Waals surface area contributed by atoms with Crippen LogP contribution in [0.2, 0.25) is 0 Å². The Balaban J connectivity index is 0.000000528. The first-order valence-corrected chi connectivity index (χ1v) is 21.1. The summed E-state index contributed by atoms with van der Waals surface area (Å²) in [6, 6.07) is 55.1. The van der Waals surface area contributed by atoms with Gasteiger partial charge >= 0.3 is 0 Å². The van der Waals surface area contributed by atoms with E-state index in [1.54, 1.807) is 0 Å². The minimum Gasteiger partial charge on any atom is -0.264 e. The summed E-state index contributed by atoms with van der Waals surface area (Å²) in [7, 11) is 0. The summed E-state index contributed by atoms with van der Waals surface area (Å²) in [5, 5.41) is 12.2. The van der Waals surface area contributed by atoms with E-state index in [9.17, 15) is 0 Å². The molecule has 3 aromatic heterocycles. The number of allylic oxidation sites excluding steroid dienone is 2. The van der Waals surface area contributed by atoms with Crippen LogP contribution in [0.15, 0.2) is 202 Å². The Kier molecular flexibility index (Phi) is 12.0. The van der Waals surface area contributed by atoms with Crippen molar-refractivity contribution in [2.24, 2.45) is 0 Å². The highest BCUT2D eigenvalue weighted by Crippen LogP contribution is 2.45. The minimum atomic E-state index is 0.997. The summed E-state index contributed by atoms with van der Waals surface area (Å²) in [5.74, 6) is 0. The highest BCUT2D eigenvalue weighted by molar-refractivity contribution is 6.28.